The van der Waals surface area contributed by atoms with E-state index in [2.05, 4.69) is 36.9 Å². The minimum Gasteiger partial charge on any atom is -0.481 e. The van der Waals surface area contributed by atoms with E-state index in [9.17, 15) is 68.3 Å². The van der Waals surface area contributed by atoms with Crippen molar-refractivity contribution in [1.82, 2.24) is 41.5 Å². The number of nitrogens with two attached hydrogens (primary N) is 1. The van der Waals surface area contributed by atoms with Crippen LogP contribution in [-0.2, 0) is 60.9 Å². The van der Waals surface area contributed by atoms with Gasteiger partial charge in [-0.25, -0.2) is 0 Å². The number of benzene rings is 1. The molecule has 69 heavy (non-hydrogen) atoms. The van der Waals surface area contributed by atoms with Gasteiger partial charge in [-0.3, -0.25) is 47.9 Å². The standard InChI is InChI=1S/C45H66N10O14/c1-9-10-15-28(37(61)39(46)62)49-41(64)30(20-24(2)3)52-44(67)38(45(6,7)8)53-43(66)31(21-27-14-12-11-13-25(27)4)51-40(63)29(16-17-35(57)58)50-42(65)32(22-36(59)60)48-34(56)18-19-54-23-33(55(68)69)47-26(54)5/h11-14,23-24,28-32,38H,9-10,15-22H2,1-8H3,(H2,46,62)(H,48,56)(H,49,64)(H,50,65)(H,51,63)(H,52,67)(H,53,66)(H,57,58)(H,59,60)/t28?,29-,30-,31-,32-,38+/m0/s1. The van der Waals surface area contributed by atoms with E-state index in [4.69, 9.17) is 5.73 Å². The Morgan fingerprint density at radius 2 is 1.32 bits per heavy atom. The number of ketones is 1. The molecule has 6 atom stereocenters. The Hall–Kier alpha value is -7.27. The number of Topliss-reactive ketones (excluding diaryl/α,β-unsaturated/α-hetero) is 1. The van der Waals surface area contributed by atoms with Crippen LogP contribution in [0.4, 0.5) is 5.82 Å². The first-order chi connectivity index (χ1) is 32.1. The number of nitrogens with one attached hydrogen (secondary N) is 6. The zero-order valence-electron chi connectivity index (χ0n) is 40.2. The summed E-state index contributed by atoms with van der Waals surface area (Å²) in [5.74, 6) is -11.2. The second-order valence-electron chi connectivity index (χ2n) is 18.2. The number of unbranched alkanes of at least 4 members (excludes halogenated alkanes) is 1. The first-order valence-electron chi connectivity index (χ1n) is 22.5. The first-order valence-corrected chi connectivity index (χ1v) is 22.5. The number of aliphatic carboxylic acids is 2. The number of carbonyl (C=O) groups excluding carboxylic acids is 8. The average Bonchev–Trinajstić information content (AvgIpc) is 3.63. The van der Waals surface area contributed by atoms with Crippen molar-refractivity contribution in [3.63, 3.8) is 0 Å². The van der Waals surface area contributed by atoms with Crippen LogP contribution in [0.1, 0.15) is 110 Å². The average molecular weight is 971 g/mol. The Balaban J connectivity index is 2.47. The van der Waals surface area contributed by atoms with Crippen molar-refractivity contribution in [2.24, 2.45) is 17.1 Å². The monoisotopic (exact) mass is 970 g/mol. The largest absolute Gasteiger partial charge is 0.481 e. The first kappa shape index (κ1) is 57.9. The predicted octanol–water partition coefficient (Wildman–Crippen LogP) is 0.626. The highest BCUT2D eigenvalue weighted by molar-refractivity contribution is 6.37. The van der Waals surface area contributed by atoms with Gasteiger partial charge in [-0.1, -0.05) is 78.6 Å². The molecule has 0 aliphatic carbocycles. The molecule has 2 rings (SSSR count). The number of carboxylic acids is 2. The number of imidazole rings is 1. The van der Waals surface area contributed by atoms with Gasteiger partial charge in [0.15, 0.2) is 0 Å². The smallest absolute Gasteiger partial charge is 0.381 e. The summed E-state index contributed by atoms with van der Waals surface area (Å²) in [6, 6.07) is -2.05. The van der Waals surface area contributed by atoms with Crippen LogP contribution in [-0.4, -0.2) is 120 Å². The van der Waals surface area contributed by atoms with Gasteiger partial charge in [0.2, 0.25) is 47.1 Å². The number of aryl methyl sites for hydroxylation is 3. The number of amides is 7. The number of carbonyl (C=O) groups is 10. The van der Waals surface area contributed by atoms with Crippen LogP contribution in [0.2, 0.25) is 0 Å². The van der Waals surface area contributed by atoms with E-state index in [1.54, 1.807) is 65.8 Å². The highest BCUT2D eigenvalue weighted by Crippen LogP contribution is 2.21. The van der Waals surface area contributed by atoms with Crippen molar-refractivity contribution in [1.29, 1.82) is 0 Å². The van der Waals surface area contributed by atoms with Gasteiger partial charge in [-0.15, -0.1) is 0 Å². The summed E-state index contributed by atoms with van der Waals surface area (Å²) in [6.07, 6.45) is -0.382. The van der Waals surface area contributed by atoms with Gasteiger partial charge in [-0.05, 0) is 58.6 Å². The summed E-state index contributed by atoms with van der Waals surface area (Å²) >= 11 is 0. The number of nitrogens with zero attached hydrogens (tertiary/aromatic N) is 3. The van der Waals surface area contributed by atoms with Crippen LogP contribution in [0.5, 0.6) is 0 Å². The molecule has 380 valence electrons. The van der Waals surface area contributed by atoms with E-state index >= 15 is 0 Å². The molecule has 24 heteroatoms. The van der Waals surface area contributed by atoms with E-state index in [0.29, 0.717) is 24.0 Å². The molecule has 0 aliphatic heterocycles. The van der Waals surface area contributed by atoms with Gasteiger partial charge in [0.25, 0.3) is 5.91 Å². The molecule has 0 saturated heterocycles. The fourth-order valence-corrected chi connectivity index (χ4v) is 7.03. The summed E-state index contributed by atoms with van der Waals surface area (Å²) in [5, 5.41) is 45.3. The SMILES string of the molecule is CCCCC(NC(=O)[C@H](CC(C)C)NC(=O)[C@@H](NC(=O)[C@H](Cc1ccccc1C)NC(=O)[C@H](CCC(=O)O)NC(=O)[C@H](CC(=O)O)NC(=O)CCn1cc([N+](=O)[O-])nc1C)C(C)(C)C)C(=O)C(N)=O. The molecule has 10 N–H and O–H groups in total. The highest BCUT2D eigenvalue weighted by atomic mass is 16.6. The van der Waals surface area contributed by atoms with Gasteiger partial charge in [0, 0.05) is 32.7 Å². The topological polar surface area (TPSA) is 370 Å². The summed E-state index contributed by atoms with van der Waals surface area (Å²) in [4.78, 5) is 145. The predicted molar refractivity (Wildman–Crippen MR) is 246 cm³/mol. The lowest BCUT2D eigenvalue weighted by atomic mass is 9.85. The Kier molecular flexibility index (Phi) is 22.6. The number of hydrogen-bond donors (Lipinski definition) is 9. The number of primary amides is 1. The second-order valence-corrected chi connectivity index (χ2v) is 18.2. The van der Waals surface area contributed by atoms with Crippen LogP contribution in [0.15, 0.2) is 30.5 Å². The van der Waals surface area contributed by atoms with Crippen LogP contribution in [0, 0.1) is 35.3 Å². The minimum atomic E-state index is -1.79. The molecular weight excluding hydrogens is 905 g/mol. The van der Waals surface area contributed by atoms with Crippen molar-refractivity contribution in [2.75, 3.05) is 0 Å². The molecule has 1 aromatic carbocycles. The highest BCUT2D eigenvalue weighted by Gasteiger charge is 2.39. The molecule has 1 aromatic heterocycles. The van der Waals surface area contributed by atoms with E-state index < -0.39 is 131 Å². The second kappa shape index (κ2) is 26.9. The maximum atomic E-state index is 14.4. The number of hydrogen-bond acceptors (Lipinski definition) is 13. The van der Waals surface area contributed by atoms with Gasteiger partial charge in [0.05, 0.1) is 12.5 Å². The molecule has 0 saturated carbocycles. The molecule has 2 aromatic rings. The molecule has 0 radical (unpaired) electrons. The van der Waals surface area contributed by atoms with Crippen molar-refractivity contribution in [3.8, 4) is 0 Å². The normalized spacial score (nSPS) is 13.9. The van der Waals surface area contributed by atoms with Gasteiger partial charge >= 0.3 is 17.8 Å². The third kappa shape index (κ3) is 19.5. The van der Waals surface area contributed by atoms with Crippen LogP contribution < -0.4 is 37.6 Å². The summed E-state index contributed by atoms with van der Waals surface area (Å²) in [6.45, 7) is 13.4. The van der Waals surface area contributed by atoms with E-state index in [1.165, 1.54) is 11.5 Å². The third-order valence-corrected chi connectivity index (χ3v) is 10.8. The molecular formula is C45H66N10O14. The van der Waals surface area contributed by atoms with Crippen molar-refractivity contribution < 1.29 is 63.1 Å². The van der Waals surface area contributed by atoms with E-state index in [1.807, 2.05) is 6.92 Å². The Morgan fingerprint density at radius 3 is 1.86 bits per heavy atom. The number of nitro groups is 1. The molecule has 7 amide bonds. The maximum Gasteiger partial charge on any atom is 0.381 e. The van der Waals surface area contributed by atoms with Gasteiger partial charge < -0.3 is 62.5 Å². The summed E-state index contributed by atoms with van der Waals surface area (Å²) in [7, 11) is 0. The number of carboxylic acid groups (broad SMARTS) is 2. The molecule has 24 nitrogen and oxygen atoms in total. The molecule has 0 aliphatic rings. The maximum absolute atomic E-state index is 14.4. The van der Waals surface area contributed by atoms with Crippen LogP contribution in [0.3, 0.4) is 0 Å². The summed E-state index contributed by atoms with van der Waals surface area (Å²) < 4.78 is 1.31. The Bertz CT molecular complexity index is 2220. The summed E-state index contributed by atoms with van der Waals surface area (Å²) in [5.41, 5.74) is 5.46. The molecule has 0 fully saturated rings. The zero-order chi connectivity index (χ0) is 52.3. The van der Waals surface area contributed by atoms with Crippen molar-refractivity contribution >= 4 is 64.9 Å². The van der Waals surface area contributed by atoms with E-state index in [-0.39, 0.29) is 44.0 Å². The van der Waals surface area contributed by atoms with Gasteiger partial charge in [0.1, 0.15) is 36.4 Å². The number of rotatable bonds is 29. The lowest BCUT2D eigenvalue weighted by Gasteiger charge is -2.34. The Morgan fingerprint density at radius 1 is 0.754 bits per heavy atom. The van der Waals surface area contributed by atoms with Crippen LogP contribution in [0.25, 0.3) is 0 Å². The zero-order valence-corrected chi connectivity index (χ0v) is 40.2. The number of aromatic nitrogens is 2. The lowest BCUT2D eigenvalue weighted by Crippen LogP contribution is -2.62. The fraction of sp³-hybridized carbons (Fsp3) is 0.578. The molecule has 1 heterocycles. The third-order valence-electron chi connectivity index (χ3n) is 10.8. The minimum absolute atomic E-state index is 0.0814. The quantitative estimate of drug-likeness (QED) is 0.0307. The molecule has 0 bridgehead atoms. The Labute approximate surface area is 399 Å². The molecule has 1 unspecified atom stereocenters. The van der Waals surface area contributed by atoms with Crippen molar-refractivity contribution in [3.05, 3.63) is 57.5 Å². The lowest BCUT2D eigenvalue weighted by molar-refractivity contribution is -0.389. The van der Waals surface area contributed by atoms with Gasteiger partial charge in [-0.2, -0.15) is 0 Å². The van der Waals surface area contributed by atoms with E-state index in [0.717, 1.165) is 6.20 Å². The van der Waals surface area contributed by atoms with Crippen molar-refractivity contribution in [2.45, 2.75) is 156 Å². The van der Waals surface area contributed by atoms with Crippen LogP contribution >= 0.6 is 0 Å². The molecule has 0 spiro atoms. The fourth-order valence-electron chi connectivity index (χ4n) is 7.03.